The van der Waals surface area contributed by atoms with Gasteiger partial charge < -0.3 is 10.2 Å². The van der Waals surface area contributed by atoms with Crippen molar-refractivity contribution in [3.8, 4) is 0 Å². The SMILES string of the molecule is Cc1ccc(S(=O)(=O)NCC[C@H](O)C(=O)O)cc1C. The van der Waals surface area contributed by atoms with E-state index in [0.717, 1.165) is 11.1 Å². The van der Waals surface area contributed by atoms with Crippen LogP contribution in [0.25, 0.3) is 0 Å². The first-order valence-corrected chi connectivity index (χ1v) is 7.20. The minimum atomic E-state index is -3.67. The van der Waals surface area contributed by atoms with E-state index < -0.39 is 22.1 Å². The van der Waals surface area contributed by atoms with Gasteiger partial charge in [0.2, 0.25) is 10.0 Å². The summed E-state index contributed by atoms with van der Waals surface area (Å²) >= 11 is 0. The number of carboxylic acid groups (broad SMARTS) is 1. The third kappa shape index (κ3) is 4.30. The molecule has 0 aliphatic heterocycles. The van der Waals surface area contributed by atoms with Crippen molar-refractivity contribution in [2.75, 3.05) is 6.54 Å². The van der Waals surface area contributed by atoms with E-state index in [1.807, 2.05) is 13.8 Å². The minimum absolute atomic E-state index is 0.125. The Labute approximate surface area is 112 Å². The van der Waals surface area contributed by atoms with Gasteiger partial charge in [-0.15, -0.1) is 0 Å². The van der Waals surface area contributed by atoms with Gasteiger partial charge in [0.1, 0.15) is 0 Å². The normalized spacial score (nSPS) is 13.2. The minimum Gasteiger partial charge on any atom is -0.479 e. The number of aryl methyl sites for hydroxylation is 2. The molecule has 0 bridgehead atoms. The highest BCUT2D eigenvalue weighted by Gasteiger charge is 2.17. The fourth-order valence-electron chi connectivity index (χ4n) is 1.42. The van der Waals surface area contributed by atoms with Gasteiger partial charge in [-0.2, -0.15) is 0 Å². The summed E-state index contributed by atoms with van der Waals surface area (Å²) in [5, 5.41) is 17.5. The number of sulfonamides is 1. The van der Waals surface area contributed by atoms with Crippen molar-refractivity contribution in [1.82, 2.24) is 4.72 Å². The molecule has 0 unspecified atom stereocenters. The Kier molecular flexibility index (Phi) is 5.04. The topological polar surface area (TPSA) is 104 Å². The van der Waals surface area contributed by atoms with Gasteiger partial charge in [0.15, 0.2) is 6.10 Å². The molecule has 0 saturated carbocycles. The van der Waals surface area contributed by atoms with Crippen molar-refractivity contribution in [3.05, 3.63) is 29.3 Å². The first-order valence-electron chi connectivity index (χ1n) is 5.72. The maximum absolute atomic E-state index is 11.9. The Hall–Kier alpha value is -1.44. The molecule has 0 aliphatic carbocycles. The number of aliphatic hydroxyl groups is 1. The van der Waals surface area contributed by atoms with Crippen molar-refractivity contribution in [3.63, 3.8) is 0 Å². The van der Waals surface area contributed by atoms with Crippen molar-refractivity contribution in [2.24, 2.45) is 0 Å². The number of nitrogens with one attached hydrogen (secondary N) is 1. The van der Waals surface area contributed by atoms with Gasteiger partial charge in [0.25, 0.3) is 0 Å². The molecule has 7 heteroatoms. The molecule has 0 fully saturated rings. The van der Waals surface area contributed by atoms with Crippen LogP contribution in [-0.2, 0) is 14.8 Å². The quantitative estimate of drug-likeness (QED) is 0.703. The first kappa shape index (κ1) is 15.6. The van der Waals surface area contributed by atoms with E-state index in [0.29, 0.717) is 0 Å². The van der Waals surface area contributed by atoms with Gasteiger partial charge in [0, 0.05) is 6.54 Å². The average molecular weight is 287 g/mol. The van der Waals surface area contributed by atoms with E-state index in [4.69, 9.17) is 10.2 Å². The molecule has 0 spiro atoms. The molecule has 1 aromatic rings. The number of carboxylic acids is 1. The molecule has 106 valence electrons. The highest BCUT2D eigenvalue weighted by molar-refractivity contribution is 7.89. The zero-order valence-corrected chi connectivity index (χ0v) is 11.6. The predicted molar refractivity (Wildman–Crippen MR) is 69.4 cm³/mol. The third-order valence-corrected chi connectivity index (χ3v) is 4.24. The summed E-state index contributed by atoms with van der Waals surface area (Å²) < 4.78 is 26.1. The summed E-state index contributed by atoms with van der Waals surface area (Å²) in [4.78, 5) is 10.5. The van der Waals surface area contributed by atoms with Gasteiger partial charge in [-0.05, 0) is 43.5 Å². The van der Waals surface area contributed by atoms with Gasteiger partial charge in [-0.3, -0.25) is 0 Å². The lowest BCUT2D eigenvalue weighted by Crippen LogP contribution is -2.30. The van der Waals surface area contributed by atoms with E-state index in [2.05, 4.69) is 4.72 Å². The maximum atomic E-state index is 11.9. The lowest BCUT2D eigenvalue weighted by molar-refractivity contribution is -0.146. The summed E-state index contributed by atoms with van der Waals surface area (Å²) in [6.07, 6.45) is -1.75. The van der Waals surface area contributed by atoms with E-state index in [-0.39, 0.29) is 17.9 Å². The van der Waals surface area contributed by atoms with Gasteiger partial charge in [-0.1, -0.05) is 6.07 Å². The number of aliphatic hydroxyl groups excluding tert-OH is 1. The number of rotatable bonds is 6. The summed E-state index contributed by atoms with van der Waals surface area (Å²) in [5.41, 5.74) is 1.84. The van der Waals surface area contributed by atoms with E-state index in [9.17, 15) is 13.2 Å². The number of carbonyl (C=O) groups is 1. The maximum Gasteiger partial charge on any atom is 0.332 e. The van der Waals surface area contributed by atoms with E-state index >= 15 is 0 Å². The van der Waals surface area contributed by atoms with Crippen LogP contribution in [0.4, 0.5) is 0 Å². The number of aliphatic carboxylic acids is 1. The monoisotopic (exact) mass is 287 g/mol. The Bertz CT molecular complexity index is 567. The Morgan fingerprint density at radius 1 is 1.32 bits per heavy atom. The summed E-state index contributed by atoms with van der Waals surface area (Å²) in [6.45, 7) is 3.55. The number of benzene rings is 1. The summed E-state index contributed by atoms with van der Waals surface area (Å²) in [7, 11) is -3.67. The first-order chi connectivity index (χ1) is 8.74. The summed E-state index contributed by atoms with van der Waals surface area (Å²) in [5.74, 6) is -1.37. The van der Waals surface area contributed by atoms with Crippen LogP contribution in [-0.4, -0.2) is 37.2 Å². The van der Waals surface area contributed by atoms with Crippen LogP contribution in [0.2, 0.25) is 0 Å². The highest BCUT2D eigenvalue weighted by atomic mass is 32.2. The lowest BCUT2D eigenvalue weighted by atomic mass is 10.1. The molecule has 0 aliphatic rings. The largest absolute Gasteiger partial charge is 0.479 e. The van der Waals surface area contributed by atoms with E-state index in [1.54, 1.807) is 12.1 Å². The molecule has 0 saturated heterocycles. The van der Waals surface area contributed by atoms with Crippen LogP contribution < -0.4 is 4.72 Å². The summed E-state index contributed by atoms with van der Waals surface area (Å²) in [6, 6.07) is 4.74. The molecule has 6 nitrogen and oxygen atoms in total. The second kappa shape index (κ2) is 6.14. The van der Waals surface area contributed by atoms with Crippen molar-refractivity contribution < 1.29 is 23.4 Å². The zero-order valence-electron chi connectivity index (χ0n) is 10.8. The standard InChI is InChI=1S/C12H17NO5S/c1-8-3-4-10(7-9(8)2)19(17,18)13-6-5-11(14)12(15)16/h3-4,7,11,13-14H,5-6H2,1-2H3,(H,15,16)/t11-/m0/s1. The molecule has 3 N–H and O–H groups in total. The Morgan fingerprint density at radius 2 is 1.95 bits per heavy atom. The smallest absolute Gasteiger partial charge is 0.332 e. The van der Waals surface area contributed by atoms with Crippen LogP contribution in [0.5, 0.6) is 0 Å². The predicted octanol–water partition coefficient (Wildman–Crippen LogP) is 0.417. The fraction of sp³-hybridized carbons (Fsp3) is 0.417. The lowest BCUT2D eigenvalue weighted by Gasteiger charge is -2.09. The fourth-order valence-corrected chi connectivity index (χ4v) is 2.55. The van der Waals surface area contributed by atoms with Crippen LogP contribution in [0.15, 0.2) is 23.1 Å². The Morgan fingerprint density at radius 3 is 2.47 bits per heavy atom. The highest BCUT2D eigenvalue weighted by Crippen LogP contribution is 2.14. The zero-order chi connectivity index (χ0) is 14.6. The molecule has 1 atom stereocenters. The molecular weight excluding hydrogens is 270 g/mol. The van der Waals surface area contributed by atoms with Gasteiger partial charge >= 0.3 is 5.97 Å². The van der Waals surface area contributed by atoms with Gasteiger partial charge in [0.05, 0.1) is 4.90 Å². The Balaban J connectivity index is 2.71. The van der Waals surface area contributed by atoms with Crippen LogP contribution in [0.3, 0.4) is 0 Å². The molecular formula is C12H17NO5S. The molecule has 0 amide bonds. The molecule has 1 rings (SSSR count). The van der Waals surface area contributed by atoms with Crippen LogP contribution in [0.1, 0.15) is 17.5 Å². The average Bonchev–Trinajstić information content (AvgIpc) is 2.32. The number of hydrogen-bond acceptors (Lipinski definition) is 4. The van der Waals surface area contributed by atoms with Crippen molar-refractivity contribution in [2.45, 2.75) is 31.3 Å². The second-order valence-electron chi connectivity index (χ2n) is 4.29. The van der Waals surface area contributed by atoms with Crippen LogP contribution in [0, 0.1) is 13.8 Å². The van der Waals surface area contributed by atoms with Crippen LogP contribution >= 0.6 is 0 Å². The molecule has 1 aromatic carbocycles. The van der Waals surface area contributed by atoms with Gasteiger partial charge in [-0.25, -0.2) is 17.9 Å². The van der Waals surface area contributed by atoms with Crippen molar-refractivity contribution >= 4 is 16.0 Å². The molecule has 19 heavy (non-hydrogen) atoms. The molecule has 0 heterocycles. The number of hydrogen-bond donors (Lipinski definition) is 3. The van der Waals surface area contributed by atoms with Crippen molar-refractivity contribution in [1.29, 1.82) is 0 Å². The molecule has 0 aromatic heterocycles. The third-order valence-electron chi connectivity index (χ3n) is 2.78. The second-order valence-corrected chi connectivity index (χ2v) is 6.05. The molecule has 0 radical (unpaired) electrons. The van der Waals surface area contributed by atoms with E-state index in [1.165, 1.54) is 6.07 Å².